The number of aromatic nitrogens is 2. The molecule has 0 aromatic carbocycles. The predicted molar refractivity (Wildman–Crippen MR) is 60.9 cm³/mol. The van der Waals surface area contributed by atoms with Crippen LogP contribution in [0.2, 0.25) is 0 Å². The molecule has 16 heavy (non-hydrogen) atoms. The van der Waals surface area contributed by atoms with Crippen molar-refractivity contribution in [2.24, 2.45) is 0 Å². The Bertz CT molecular complexity index is 396. The largest absolute Gasteiger partial charge is 0.501 e. The maximum absolute atomic E-state index is 10.3. The maximum Gasteiger partial charge on any atom is 0.120 e. The molecule has 0 bridgehead atoms. The zero-order chi connectivity index (χ0) is 11.5. The van der Waals surface area contributed by atoms with Gasteiger partial charge in [-0.05, 0) is 38.3 Å². The van der Waals surface area contributed by atoms with Crippen molar-refractivity contribution in [2.45, 2.75) is 39.3 Å². The maximum atomic E-state index is 10.3. The zero-order valence-corrected chi connectivity index (χ0v) is 9.81. The van der Waals surface area contributed by atoms with E-state index < -0.39 is 6.10 Å². The summed E-state index contributed by atoms with van der Waals surface area (Å²) in [5.74, 6) is 0. The Hall–Kier alpha value is -1.29. The highest BCUT2D eigenvalue weighted by molar-refractivity contribution is 5.21. The van der Waals surface area contributed by atoms with Gasteiger partial charge in [-0.1, -0.05) is 0 Å². The lowest BCUT2D eigenvalue weighted by Gasteiger charge is -2.19. The fourth-order valence-electron chi connectivity index (χ4n) is 2.01. The standard InChI is InChI=1S/C12H18N2O2/c1-3-14-11(7-9(2)13-14)12(15)10-5-4-6-16-8-10/h7-8,12,15H,3-6H2,1-2H3. The number of nitrogens with zero attached hydrogens (tertiary/aromatic N) is 2. The summed E-state index contributed by atoms with van der Waals surface area (Å²) < 4.78 is 7.10. The van der Waals surface area contributed by atoms with Gasteiger partial charge in [0.2, 0.25) is 0 Å². The molecule has 1 aromatic heterocycles. The summed E-state index contributed by atoms with van der Waals surface area (Å²) in [4.78, 5) is 0. The van der Waals surface area contributed by atoms with Gasteiger partial charge in [0.15, 0.2) is 0 Å². The molecule has 0 fully saturated rings. The van der Waals surface area contributed by atoms with Crippen LogP contribution in [0.15, 0.2) is 17.9 Å². The first kappa shape index (κ1) is 11.2. The zero-order valence-electron chi connectivity index (χ0n) is 9.81. The molecule has 1 aliphatic heterocycles. The van der Waals surface area contributed by atoms with Gasteiger partial charge in [0, 0.05) is 6.54 Å². The van der Waals surface area contributed by atoms with Crippen LogP contribution in [0.4, 0.5) is 0 Å². The lowest BCUT2D eigenvalue weighted by molar-refractivity contribution is 0.163. The number of hydrogen-bond donors (Lipinski definition) is 1. The van der Waals surface area contributed by atoms with Crippen LogP contribution in [-0.2, 0) is 11.3 Å². The van der Waals surface area contributed by atoms with Crippen molar-refractivity contribution in [3.8, 4) is 0 Å². The van der Waals surface area contributed by atoms with E-state index in [4.69, 9.17) is 4.74 Å². The van der Waals surface area contributed by atoms with E-state index in [1.807, 2.05) is 24.6 Å². The Labute approximate surface area is 95.5 Å². The summed E-state index contributed by atoms with van der Waals surface area (Å²) in [6, 6.07) is 1.93. The van der Waals surface area contributed by atoms with E-state index in [0.29, 0.717) is 0 Å². The molecule has 1 atom stereocenters. The molecule has 0 saturated heterocycles. The topological polar surface area (TPSA) is 47.3 Å². The van der Waals surface area contributed by atoms with Crippen LogP contribution >= 0.6 is 0 Å². The third kappa shape index (κ3) is 2.11. The monoisotopic (exact) mass is 222 g/mol. The van der Waals surface area contributed by atoms with Crippen LogP contribution in [0.1, 0.15) is 37.3 Å². The van der Waals surface area contributed by atoms with Crippen molar-refractivity contribution in [1.82, 2.24) is 9.78 Å². The first-order chi connectivity index (χ1) is 7.72. The van der Waals surface area contributed by atoms with Gasteiger partial charge in [-0.2, -0.15) is 5.10 Å². The third-order valence-electron chi connectivity index (χ3n) is 2.83. The molecular formula is C12H18N2O2. The third-order valence-corrected chi connectivity index (χ3v) is 2.83. The molecule has 0 amide bonds. The van der Waals surface area contributed by atoms with Gasteiger partial charge in [-0.15, -0.1) is 0 Å². The van der Waals surface area contributed by atoms with Crippen LogP contribution in [0, 0.1) is 6.92 Å². The minimum absolute atomic E-state index is 0.582. The highest BCUT2D eigenvalue weighted by Gasteiger charge is 2.20. The molecule has 1 aromatic rings. The fraction of sp³-hybridized carbons (Fsp3) is 0.583. The Kier molecular flexibility index (Phi) is 3.29. The summed E-state index contributed by atoms with van der Waals surface area (Å²) in [6.45, 7) is 5.49. The fourth-order valence-corrected chi connectivity index (χ4v) is 2.01. The molecule has 0 radical (unpaired) electrons. The second-order valence-electron chi connectivity index (χ2n) is 4.10. The molecular weight excluding hydrogens is 204 g/mol. The second-order valence-corrected chi connectivity index (χ2v) is 4.10. The number of aliphatic hydroxyl groups is 1. The Balaban J connectivity index is 2.25. The van der Waals surface area contributed by atoms with Crippen molar-refractivity contribution < 1.29 is 9.84 Å². The van der Waals surface area contributed by atoms with E-state index in [2.05, 4.69) is 5.10 Å². The van der Waals surface area contributed by atoms with Crippen molar-refractivity contribution in [3.05, 3.63) is 29.3 Å². The normalized spacial score (nSPS) is 17.8. The predicted octanol–water partition coefficient (Wildman–Crippen LogP) is 1.94. The SMILES string of the molecule is CCn1nc(C)cc1C(O)C1=COCCC1. The molecule has 1 N–H and O–H groups in total. The van der Waals surface area contributed by atoms with Crippen molar-refractivity contribution in [3.63, 3.8) is 0 Å². The average molecular weight is 222 g/mol. The molecule has 4 nitrogen and oxygen atoms in total. The first-order valence-corrected chi connectivity index (χ1v) is 5.75. The van der Waals surface area contributed by atoms with Crippen LogP contribution in [-0.4, -0.2) is 21.5 Å². The van der Waals surface area contributed by atoms with Gasteiger partial charge in [0.25, 0.3) is 0 Å². The van der Waals surface area contributed by atoms with Crippen LogP contribution < -0.4 is 0 Å². The molecule has 1 unspecified atom stereocenters. The molecule has 0 saturated carbocycles. The number of hydrogen-bond acceptors (Lipinski definition) is 3. The summed E-state index contributed by atoms with van der Waals surface area (Å²) >= 11 is 0. The quantitative estimate of drug-likeness (QED) is 0.850. The Morgan fingerprint density at radius 1 is 1.62 bits per heavy atom. The molecule has 2 heterocycles. The van der Waals surface area contributed by atoms with Gasteiger partial charge in [0.05, 0.1) is 24.3 Å². The number of rotatable bonds is 3. The molecule has 1 aliphatic rings. The van der Waals surface area contributed by atoms with Crippen LogP contribution in [0.3, 0.4) is 0 Å². The lowest BCUT2D eigenvalue weighted by Crippen LogP contribution is -2.12. The van der Waals surface area contributed by atoms with E-state index in [0.717, 1.165) is 43.0 Å². The minimum atomic E-state index is -0.582. The highest BCUT2D eigenvalue weighted by atomic mass is 16.5. The van der Waals surface area contributed by atoms with Gasteiger partial charge in [0.1, 0.15) is 6.10 Å². The van der Waals surface area contributed by atoms with Crippen molar-refractivity contribution in [2.75, 3.05) is 6.61 Å². The number of ether oxygens (including phenoxy) is 1. The molecule has 4 heteroatoms. The van der Waals surface area contributed by atoms with E-state index in [-0.39, 0.29) is 0 Å². The Morgan fingerprint density at radius 3 is 3.06 bits per heavy atom. The van der Waals surface area contributed by atoms with E-state index in [9.17, 15) is 5.11 Å². The molecule has 0 spiro atoms. The van der Waals surface area contributed by atoms with Crippen molar-refractivity contribution >= 4 is 0 Å². The molecule has 88 valence electrons. The highest BCUT2D eigenvalue weighted by Crippen LogP contribution is 2.27. The smallest absolute Gasteiger partial charge is 0.120 e. The summed E-state index contributed by atoms with van der Waals surface area (Å²) in [6.07, 6.45) is 2.98. The Morgan fingerprint density at radius 2 is 2.44 bits per heavy atom. The number of aryl methyl sites for hydroxylation is 2. The molecule has 0 aliphatic carbocycles. The van der Waals surface area contributed by atoms with E-state index in [1.165, 1.54) is 0 Å². The summed E-state index contributed by atoms with van der Waals surface area (Å²) in [5.41, 5.74) is 2.74. The minimum Gasteiger partial charge on any atom is -0.501 e. The second kappa shape index (κ2) is 4.70. The van der Waals surface area contributed by atoms with Gasteiger partial charge >= 0.3 is 0 Å². The average Bonchev–Trinajstić information content (AvgIpc) is 2.70. The number of aliphatic hydroxyl groups excluding tert-OH is 1. The molecule has 2 rings (SSSR count). The first-order valence-electron chi connectivity index (χ1n) is 5.75. The van der Waals surface area contributed by atoms with Gasteiger partial charge in [-0.25, -0.2) is 0 Å². The summed E-state index contributed by atoms with van der Waals surface area (Å²) in [5, 5.41) is 14.6. The van der Waals surface area contributed by atoms with Gasteiger partial charge in [-0.3, -0.25) is 4.68 Å². The van der Waals surface area contributed by atoms with E-state index in [1.54, 1.807) is 6.26 Å². The van der Waals surface area contributed by atoms with Gasteiger partial charge < -0.3 is 9.84 Å². The van der Waals surface area contributed by atoms with Crippen LogP contribution in [0.5, 0.6) is 0 Å². The van der Waals surface area contributed by atoms with Crippen molar-refractivity contribution in [1.29, 1.82) is 0 Å². The van der Waals surface area contributed by atoms with Crippen LogP contribution in [0.25, 0.3) is 0 Å². The lowest BCUT2D eigenvalue weighted by atomic mass is 10.0. The summed E-state index contributed by atoms with van der Waals surface area (Å²) in [7, 11) is 0. The van der Waals surface area contributed by atoms with E-state index >= 15 is 0 Å².